The lowest BCUT2D eigenvalue weighted by Crippen LogP contribution is -2.61. The Kier molecular flexibility index (Phi) is 4.96. The van der Waals surface area contributed by atoms with E-state index in [-0.39, 0.29) is 11.7 Å². The molecule has 2 aromatic carbocycles. The molecule has 1 saturated heterocycles. The minimum absolute atomic E-state index is 0.138. The maximum absolute atomic E-state index is 13.0. The molecule has 0 spiro atoms. The van der Waals surface area contributed by atoms with E-state index in [9.17, 15) is 14.4 Å². The van der Waals surface area contributed by atoms with Crippen LogP contribution in [0.3, 0.4) is 0 Å². The Labute approximate surface area is 154 Å². The number of anilines is 1. The fraction of sp³-hybridized carbons (Fsp3) is 0.111. The first-order valence-electron chi connectivity index (χ1n) is 7.62. The van der Waals surface area contributed by atoms with Gasteiger partial charge in [0.2, 0.25) is 0 Å². The summed E-state index contributed by atoms with van der Waals surface area (Å²) in [5.74, 6) is -0.510. The van der Waals surface area contributed by atoms with Crippen molar-refractivity contribution in [1.29, 1.82) is 10.7 Å². The fourth-order valence-corrected chi connectivity index (χ4v) is 2.62. The normalized spacial score (nSPS) is 20.1. The summed E-state index contributed by atoms with van der Waals surface area (Å²) in [6, 6.07) is 11.5. The van der Waals surface area contributed by atoms with Crippen LogP contribution in [0.2, 0.25) is 5.02 Å². The lowest BCUT2D eigenvalue weighted by atomic mass is 10.0. The highest BCUT2D eigenvalue weighted by Crippen LogP contribution is 2.23. The molecule has 1 fully saturated rings. The van der Waals surface area contributed by atoms with E-state index < -0.39 is 18.1 Å². The van der Waals surface area contributed by atoms with Gasteiger partial charge in [-0.25, -0.2) is 14.1 Å². The third-order valence-corrected chi connectivity index (χ3v) is 4.05. The molecule has 6 nitrogen and oxygen atoms in total. The summed E-state index contributed by atoms with van der Waals surface area (Å²) in [5, 5.41) is 20.7. The number of amides is 2. The van der Waals surface area contributed by atoms with Crippen molar-refractivity contribution in [2.75, 3.05) is 4.90 Å². The molecule has 2 N–H and O–H groups in total. The monoisotopic (exact) mass is 369 g/mol. The first-order chi connectivity index (χ1) is 12.5. The minimum atomic E-state index is -0.977. The van der Waals surface area contributed by atoms with Crippen LogP contribution in [0.25, 0.3) is 0 Å². The Morgan fingerprint density at radius 1 is 1.23 bits per heavy atom. The van der Waals surface area contributed by atoms with Gasteiger partial charge in [0.1, 0.15) is 23.7 Å². The standard InChI is InChI=1S/C18H13ClFN5O/c19-12-3-7-14(8-4-12)25-17(22)16(15(9-21)24-18(25)26)23-10-11-1-5-13(20)6-2-11/h1-8,10,15-16,22H,(H,24,26). The van der Waals surface area contributed by atoms with Crippen molar-refractivity contribution in [3.8, 4) is 6.07 Å². The molecule has 0 bridgehead atoms. The smallest absolute Gasteiger partial charge is 0.319 e. The van der Waals surface area contributed by atoms with Gasteiger partial charge in [0.15, 0.2) is 0 Å². The van der Waals surface area contributed by atoms with Crippen molar-refractivity contribution in [3.05, 3.63) is 64.9 Å². The largest absolute Gasteiger partial charge is 0.328 e. The molecular weight excluding hydrogens is 357 g/mol. The number of amidine groups is 1. The molecule has 2 amide bonds. The molecule has 2 atom stereocenters. The SMILES string of the molecule is N#CC1NC(=O)N(c2ccc(Cl)cc2)C(=N)C1N=Cc1ccc(F)cc1. The Hall–Kier alpha value is -3.24. The number of nitrogens with zero attached hydrogens (tertiary/aromatic N) is 3. The van der Waals surface area contributed by atoms with Gasteiger partial charge in [-0.3, -0.25) is 10.4 Å². The summed E-state index contributed by atoms with van der Waals surface area (Å²) in [7, 11) is 0. The average molecular weight is 370 g/mol. The second-order valence-electron chi connectivity index (χ2n) is 5.53. The second-order valence-corrected chi connectivity index (χ2v) is 5.96. The van der Waals surface area contributed by atoms with Gasteiger partial charge in [0.25, 0.3) is 0 Å². The number of carbonyl (C=O) groups excluding carboxylic acids is 1. The highest BCUT2D eigenvalue weighted by atomic mass is 35.5. The summed E-state index contributed by atoms with van der Waals surface area (Å²) >= 11 is 5.86. The van der Waals surface area contributed by atoms with Crippen LogP contribution in [0.15, 0.2) is 53.5 Å². The number of carbonyl (C=O) groups is 1. The van der Waals surface area contributed by atoms with Crippen molar-refractivity contribution >= 4 is 35.4 Å². The highest BCUT2D eigenvalue weighted by molar-refractivity contribution is 6.30. The number of hydrogen-bond donors (Lipinski definition) is 2. The minimum Gasteiger partial charge on any atom is -0.319 e. The second kappa shape index (κ2) is 7.33. The van der Waals surface area contributed by atoms with E-state index in [1.54, 1.807) is 24.3 Å². The number of hydrogen-bond acceptors (Lipinski definition) is 4. The molecular formula is C18H13ClFN5O. The van der Waals surface area contributed by atoms with Gasteiger partial charge in [0, 0.05) is 11.2 Å². The number of halogens is 2. The molecule has 130 valence electrons. The summed E-state index contributed by atoms with van der Waals surface area (Å²) in [5.41, 5.74) is 1.06. The van der Waals surface area contributed by atoms with Crippen LogP contribution in [0.4, 0.5) is 14.9 Å². The summed E-state index contributed by atoms with van der Waals surface area (Å²) in [4.78, 5) is 17.7. The zero-order chi connectivity index (χ0) is 18.7. The van der Waals surface area contributed by atoms with Gasteiger partial charge in [0.05, 0.1) is 11.8 Å². The van der Waals surface area contributed by atoms with Crippen molar-refractivity contribution in [2.45, 2.75) is 12.1 Å². The van der Waals surface area contributed by atoms with Gasteiger partial charge in [-0.15, -0.1) is 0 Å². The van der Waals surface area contributed by atoms with Gasteiger partial charge in [-0.1, -0.05) is 23.7 Å². The van der Waals surface area contributed by atoms with E-state index in [0.29, 0.717) is 16.3 Å². The molecule has 0 aromatic heterocycles. The van der Waals surface area contributed by atoms with E-state index >= 15 is 0 Å². The van der Waals surface area contributed by atoms with Gasteiger partial charge in [-0.05, 0) is 42.0 Å². The number of nitriles is 1. The zero-order valence-electron chi connectivity index (χ0n) is 13.4. The van der Waals surface area contributed by atoms with Crippen LogP contribution in [-0.4, -0.2) is 30.2 Å². The quantitative estimate of drug-likeness (QED) is 0.812. The van der Waals surface area contributed by atoms with Crippen LogP contribution in [-0.2, 0) is 0 Å². The number of aliphatic imine (C=N–C) groups is 1. The number of benzene rings is 2. The molecule has 0 saturated carbocycles. The molecule has 1 heterocycles. The van der Waals surface area contributed by atoms with Crippen molar-refractivity contribution < 1.29 is 9.18 Å². The summed E-state index contributed by atoms with van der Waals surface area (Å²) in [6.07, 6.45) is 1.44. The van der Waals surface area contributed by atoms with Gasteiger partial charge in [-0.2, -0.15) is 5.26 Å². The molecule has 1 aliphatic rings. The summed E-state index contributed by atoms with van der Waals surface area (Å²) < 4.78 is 13.0. The molecule has 2 aromatic rings. The van der Waals surface area contributed by atoms with Gasteiger partial charge < -0.3 is 5.32 Å². The third-order valence-electron chi connectivity index (χ3n) is 3.80. The maximum Gasteiger partial charge on any atom is 0.328 e. The number of rotatable bonds is 3. The Balaban J connectivity index is 1.90. The lowest BCUT2D eigenvalue weighted by Gasteiger charge is -2.34. The Morgan fingerprint density at radius 2 is 1.88 bits per heavy atom. The van der Waals surface area contributed by atoms with E-state index in [2.05, 4.69) is 10.3 Å². The van der Waals surface area contributed by atoms with E-state index in [4.69, 9.17) is 17.0 Å². The Bertz CT molecular complexity index is 905. The van der Waals surface area contributed by atoms with Crippen LogP contribution in [0, 0.1) is 22.6 Å². The lowest BCUT2D eigenvalue weighted by molar-refractivity contribution is 0.244. The average Bonchev–Trinajstić information content (AvgIpc) is 2.63. The summed E-state index contributed by atoms with van der Waals surface area (Å²) in [6.45, 7) is 0. The maximum atomic E-state index is 13.0. The predicted octanol–water partition coefficient (Wildman–Crippen LogP) is 3.37. The highest BCUT2D eigenvalue weighted by Gasteiger charge is 2.39. The van der Waals surface area contributed by atoms with Crippen molar-refractivity contribution in [2.24, 2.45) is 4.99 Å². The van der Waals surface area contributed by atoms with Crippen molar-refractivity contribution in [3.63, 3.8) is 0 Å². The number of urea groups is 1. The number of nitrogens with one attached hydrogen (secondary N) is 2. The van der Waals surface area contributed by atoms with Crippen LogP contribution >= 0.6 is 11.6 Å². The van der Waals surface area contributed by atoms with Crippen LogP contribution in [0.5, 0.6) is 0 Å². The predicted molar refractivity (Wildman–Crippen MR) is 97.4 cm³/mol. The van der Waals surface area contributed by atoms with Crippen LogP contribution in [0.1, 0.15) is 5.56 Å². The molecule has 3 rings (SSSR count). The Morgan fingerprint density at radius 3 is 2.50 bits per heavy atom. The topological polar surface area (TPSA) is 92.3 Å². The fourth-order valence-electron chi connectivity index (χ4n) is 2.50. The van der Waals surface area contributed by atoms with E-state index in [1.165, 1.54) is 30.5 Å². The molecule has 0 aliphatic carbocycles. The van der Waals surface area contributed by atoms with Crippen molar-refractivity contribution in [1.82, 2.24) is 5.32 Å². The first-order valence-corrected chi connectivity index (χ1v) is 8.00. The molecule has 0 radical (unpaired) electrons. The van der Waals surface area contributed by atoms with E-state index in [0.717, 1.165) is 4.90 Å². The zero-order valence-corrected chi connectivity index (χ0v) is 14.1. The van der Waals surface area contributed by atoms with Gasteiger partial charge >= 0.3 is 6.03 Å². The third kappa shape index (κ3) is 3.55. The van der Waals surface area contributed by atoms with E-state index in [1.807, 2.05) is 6.07 Å². The molecule has 8 heteroatoms. The molecule has 26 heavy (non-hydrogen) atoms. The van der Waals surface area contributed by atoms with Crippen LogP contribution < -0.4 is 10.2 Å². The molecule has 2 unspecified atom stereocenters. The first kappa shape index (κ1) is 17.6. The molecule has 1 aliphatic heterocycles.